The number of halogens is 5. The molecule has 0 bridgehead atoms. The highest BCUT2D eigenvalue weighted by molar-refractivity contribution is 7.90. The molecule has 0 fully saturated rings. The summed E-state index contributed by atoms with van der Waals surface area (Å²) in [4.78, 5) is 15.4. The highest BCUT2D eigenvalue weighted by atomic mass is 32.2. The molecule has 2 aromatic rings. The second-order valence-electron chi connectivity index (χ2n) is 6.19. The van der Waals surface area contributed by atoms with E-state index in [9.17, 15) is 35.2 Å². The van der Waals surface area contributed by atoms with Crippen LogP contribution in [-0.2, 0) is 20.4 Å². The minimum absolute atomic E-state index is 0.267. The number of pyridine rings is 1. The minimum Gasteiger partial charge on any atom is -0.368 e. The SMILES string of the molecule is NC(=O)[C@H](CS(=O)(=O)Cc1cccnc1)N[C@@H](c1ccc(F)c(F)c1)C(F)(F)F. The highest BCUT2D eigenvalue weighted by Crippen LogP contribution is 2.33. The van der Waals surface area contributed by atoms with Gasteiger partial charge < -0.3 is 5.73 Å². The second-order valence-corrected chi connectivity index (χ2v) is 8.29. The Bertz CT molecular complexity index is 968. The van der Waals surface area contributed by atoms with Crippen LogP contribution in [0.25, 0.3) is 0 Å². The third-order valence-electron chi connectivity index (χ3n) is 3.85. The van der Waals surface area contributed by atoms with Crippen LogP contribution >= 0.6 is 0 Å². The van der Waals surface area contributed by atoms with Crippen molar-refractivity contribution in [1.82, 2.24) is 10.3 Å². The molecule has 29 heavy (non-hydrogen) atoms. The fraction of sp³-hybridized carbons (Fsp3) is 0.294. The third-order valence-corrected chi connectivity index (χ3v) is 5.46. The van der Waals surface area contributed by atoms with E-state index in [1.165, 1.54) is 24.5 Å². The van der Waals surface area contributed by atoms with E-state index in [4.69, 9.17) is 5.73 Å². The van der Waals surface area contributed by atoms with E-state index < -0.39 is 62.7 Å². The zero-order valence-corrected chi connectivity index (χ0v) is 15.5. The van der Waals surface area contributed by atoms with Gasteiger partial charge in [-0.25, -0.2) is 17.2 Å². The molecule has 0 aliphatic rings. The largest absolute Gasteiger partial charge is 0.407 e. The monoisotopic (exact) mass is 437 g/mol. The van der Waals surface area contributed by atoms with Gasteiger partial charge >= 0.3 is 6.18 Å². The van der Waals surface area contributed by atoms with E-state index in [1.807, 2.05) is 5.32 Å². The van der Waals surface area contributed by atoms with E-state index in [0.29, 0.717) is 18.2 Å². The summed E-state index contributed by atoms with van der Waals surface area (Å²) in [6.45, 7) is 0. The molecule has 1 aromatic heterocycles. The van der Waals surface area contributed by atoms with Gasteiger partial charge in [0, 0.05) is 12.4 Å². The van der Waals surface area contributed by atoms with E-state index in [0.717, 1.165) is 0 Å². The molecule has 158 valence electrons. The van der Waals surface area contributed by atoms with Gasteiger partial charge in [0.25, 0.3) is 0 Å². The molecule has 2 atom stereocenters. The number of carbonyl (C=O) groups is 1. The lowest BCUT2D eigenvalue weighted by Crippen LogP contribution is -2.50. The van der Waals surface area contributed by atoms with Crippen molar-refractivity contribution in [3.63, 3.8) is 0 Å². The standard InChI is InChI=1S/C17H16F5N3O3S/c18-12-4-3-11(6-13(12)19)15(17(20,21)22)25-14(16(23)26)9-29(27,28)8-10-2-1-5-24-7-10/h1-7,14-15,25H,8-9H2,(H2,23,26)/t14-,15-/m0/s1. The molecule has 0 saturated carbocycles. The van der Waals surface area contributed by atoms with Gasteiger partial charge in [-0.3, -0.25) is 15.1 Å². The minimum atomic E-state index is -5.05. The maximum Gasteiger partial charge on any atom is 0.407 e. The van der Waals surface area contributed by atoms with Crippen molar-refractivity contribution in [1.29, 1.82) is 0 Å². The summed E-state index contributed by atoms with van der Waals surface area (Å²) in [7, 11) is -4.07. The van der Waals surface area contributed by atoms with Gasteiger partial charge in [-0.2, -0.15) is 13.2 Å². The Hall–Kier alpha value is -2.60. The molecule has 6 nitrogen and oxygen atoms in total. The van der Waals surface area contributed by atoms with Crippen molar-refractivity contribution in [3.05, 3.63) is 65.5 Å². The van der Waals surface area contributed by atoms with Gasteiger partial charge in [0.05, 0.1) is 11.5 Å². The Morgan fingerprint density at radius 3 is 2.38 bits per heavy atom. The summed E-state index contributed by atoms with van der Waals surface area (Å²) in [5.41, 5.74) is 4.61. The van der Waals surface area contributed by atoms with Crippen molar-refractivity contribution in [3.8, 4) is 0 Å². The number of primary amides is 1. The van der Waals surface area contributed by atoms with Gasteiger partial charge in [0.15, 0.2) is 21.5 Å². The van der Waals surface area contributed by atoms with Crippen LogP contribution in [0.1, 0.15) is 17.2 Å². The number of alkyl halides is 3. The number of nitrogens with zero attached hydrogens (tertiary/aromatic N) is 1. The maximum atomic E-state index is 13.5. The van der Waals surface area contributed by atoms with Crippen LogP contribution in [0.4, 0.5) is 22.0 Å². The number of hydrogen-bond donors (Lipinski definition) is 2. The number of hydrogen-bond acceptors (Lipinski definition) is 5. The molecule has 0 radical (unpaired) electrons. The smallest absolute Gasteiger partial charge is 0.368 e. The summed E-state index contributed by atoms with van der Waals surface area (Å²) < 4.78 is 91.4. The zero-order valence-electron chi connectivity index (χ0n) is 14.7. The van der Waals surface area contributed by atoms with E-state index in [2.05, 4.69) is 4.98 Å². The van der Waals surface area contributed by atoms with E-state index >= 15 is 0 Å². The summed E-state index contributed by atoms with van der Waals surface area (Å²) in [5, 5.41) is 1.81. The molecule has 1 aromatic carbocycles. The molecular weight excluding hydrogens is 421 g/mol. The summed E-state index contributed by atoms with van der Waals surface area (Å²) in [6, 6.07) is -0.202. The van der Waals surface area contributed by atoms with Crippen molar-refractivity contribution >= 4 is 15.7 Å². The molecule has 0 unspecified atom stereocenters. The zero-order chi connectivity index (χ0) is 21.8. The molecule has 2 rings (SSSR count). The summed E-state index contributed by atoms with van der Waals surface area (Å²) in [5.74, 6) is -5.85. The van der Waals surface area contributed by atoms with Gasteiger partial charge in [-0.05, 0) is 29.3 Å². The highest BCUT2D eigenvalue weighted by Gasteiger charge is 2.43. The Morgan fingerprint density at radius 1 is 1.17 bits per heavy atom. The number of nitrogens with two attached hydrogens (primary N) is 1. The lowest BCUT2D eigenvalue weighted by molar-refractivity contribution is -0.160. The number of carbonyl (C=O) groups excluding carboxylic acids is 1. The van der Waals surface area contributed by atoms with Crippen LogP contribution in [0.2, 0.25) is 0 Å². The second kappa shape index (κ2) is 8.82. The Labute approximate surface area is 162 Å². The van der Waals surface area contributed by atoms with Gasteiger partial charge in [0.1, 0.15) is 12.1 Å². The van der Waals surface area contributed by atoms with Crippen LogP contribution in [0.5, 0.6) is 0 Å². The van der Waals surface area contributed by atoms with Gasteiger partial charge in [-0.15, -0.1) is 0 Å². The van der Waals surface area contributed by atoms with Crippen LogP contribution in [0, 0.1) is 11.6 Å². The average molecular weight is 437 g/mol. The van der Waals surface area contributed by atoms with Crippen LogP contribution < -0.4 is 11.1 Å². The van der Waals surface area contributed by atoms with E-state index in [1.54, 1.807) is 0 Å². The summed E-state index contributed by atoms with van der Waals surface area (Å²) >= 11 is 0. The number of rotatable bonds is 8. The Kier molecular flexibility index (Phi) is 6.90. The number of aromatic nitrogens is 1. The first kappa shape index (κ1) is 22.7. The maximum absolute atomic E-state index is 13.5. The van der Waals surface area contributed by atoms with E-state index in [-0.39, 0.29) is 5.56 Å². The molecule has 0 aliphatic heterocycles. The van der Waals surface area contributed by atoms with Crippen LogP contribution in [-0.4, -0.2) is 37.3 Å². The summed E-state index contributed by atoms with van der Waals surface area (Å²) in [6.07, 6.45) is -2.39. The fourth-order valence-corrected chi connectivity index (χ4v) is 4.10. The number of nitrogens with one attached hydrogen (secondary N) is 1. The number of sulfone groups is 1. The normalized spacial score (nSPS) is 14.4. The number of benzene rings is 1. The van der Waals surface area contributed by atoms with Crippen molar-refractivity contribution in [2.45, 2.75) is 24.0 Å². The first-order valence-electron chi connectivity index (χ1n) is 8.05. The molecule has 1 amide bonds. The lowest BCUT2D eigenvalue weighted by atomic mass is 10.0. The van der Waals surface area contributed by atoms with Crippen LogP contribution in [0.3, 0.4) is 0 Å². The topological polar surface area (TPSA) is 102 Å². The predicted molar refractivity (Wildman–Crippen MR) is 93.0 cm³/mol. The van der Waals surface area contributed by atoms with Crippen LogP contribution in [0.15, 0.2) is 42.7 Å². The molecule has 0 aliphatic carbocycles. The fourth-order valence-electron chi connectivity index (χ4n) is 2.54. The van der Waals surface area contributed by atoms with Gasteiger partial charge in [0.2, 0.25) is 5.91 Å². The van der Waals surface area contributed by atoms with Gasteiger partial charge in [-0.1, -0.05) is 12.1 Å². The lowest BCUT2D eigenvalue weighted by Gasteiger charge is -2.26. The van der Waals surface area contributed by atoms with Crippen molar-refractivity contribution < 1.29 is 35.2 Å². The molecule has 0 saturated heterocycles. The first-order chi connectivity index (χ1) is 13.4. The average Bonchev–Trinajstić information content (AvgIpc) is 2.60. The number of amides is 1. The molecule has 0 spiro atoms. The quantitative estimate of drug-likeness (QED) is 0.616. The predicted octanol–water partition coefficient (Wildman–Crippen LogP) is 2.02. The molecular formula is C17H16F5N3O3S. The molecule has 3 N–H and O–H groups in total. The molecule has 12 heteroatoms. The third kappa shape index (κ3) is 6.46. The Balaban J connectivity index is 2.28. The molecule has 1 heterocycles. The Morgan fingerprint density at radius 2 is 1.86 bits per heavy atom. The van der Waals surface area contributed by atoms with Crippen molar-refractivity contribution in [2.75, 3.05) is 5.75 Å². The first-order valence-corrected chi connectivity index (χ1v) is 9.87. The van der Waals surface area contributed by atoms with Crippen molar-refractivity contribution in [2.24, 2.45) is 5.73 Å².